The lowest BCUT2D eigenvalue weighted by atomic mass is 9.68. The minimum Gasteiger partial charge on any atom is -0.384 e. The standard InChI is InChI=1S/C25H30Cl2N2O/c26-15-7-14-24(19-28,21-8-3-1-4-9-21)18-25(30,20-29-16-5-2-6-17-29)22-10-12-23(27)13-11-22/h1,3-4,8-13,30H,2,5-7,14-18,20H2. The molecule has 30 heavy (non-hydrogen) atoms. The van der Waals surface area contributed by atoms with Gasteiger partial charge in [-0.15, -0.1) is 11.6 Å². The lowest BCUT2D eigenvalue weighted by Gasteiger charge is -2.41. The number of nitrogens with zero attached hydrogens (tertiary/aromatic N) is 2. The van der Waals surface area contributed by atoms with E-state index in [9.17, 15) is 10.4 Å². The molecular formula is C25H30Cl2N2O. The molecule has 1 N–H and O–H groups in total. The molecule has 3 nitrogen and oxygen atoms in total. The van der Waals surface area contributed by atoms with Crippen molar-refractivity contribution in [3.63, 3.8) is 0 Å². The van der Waals surface area contributed by atoms with Crippen molar-refractivity contribution in [1.82, 2.24) is 4.90 Å². The second-order valence-corrected chi connectivity index (χ2v) is 9.22. The molecule has 2 atom stereocenters. The number of likely N-dealkylation sites (tertiary alicyclic amines) is 1. The average Bonchev–Trinajstić information content (AvgIpc) is 2.78. The van der Waals surface area contributed by atoms with Crippen LogP contribution < -0.4 is 0 Å². The molecule has 1 saturated heterocycles. The van der Waals surface area contributed by atoms with Crippen molar-refractivity contribution in [3.8, 4) is 6.07 Å². The predicted molar refractivity (Wildman–Crippen MR) is 124 cm³/mol. The Morgan fingerprint density at radius 1 is 0.967 bits per heavy atom. The molecule has 0 aromatic heterocycles. The lowest BCUT2D eigenvalue weighted by molar-refractivity contribution is -0.0263. The topological polar surface area (TPSA) is 47.3 Å². The van der Waals surface area contributed by atoms with Gasteiger partial charge in [0, 0.05) is 23.9 Å². The molecule has 0 aliphatic carbocycles. The third kappa shape index (κ3) is 5.56. The summed E-state index contributed by atoms with van der Waals surface area (Å²) in [7, 11) is 0. The second kappa shape index (κ2) is 10.6. The summed E-state index contributed by atoms with van der Waals surface area (Å²) in [5, 5.41) is 23.1. The molecule has 0 radical (unpaired) electrons. The van der Waals surface area contributed by atoms with Gasteiger partial charge in [-0.1, -0.05) is 60.5 Å². The largest absolute Gasteiger partial charge is 0.384 e. The van der Waals surface area contributed by atoms with Crippen molar-refractivity contribution < 1.29 is 5.11 Å². The molecule has 1 fully saturated rings. The number of aliphatic hydroxyl groups is 1. The minimum absolute atomic E-state index is 0.315. The van der Waals surface area contributed by atoms with Gasteiger partial charge in [0.25, 0.3) is 0 Å². The van der Waals surface area contributed by atoms with Crippen molar-refractivity contribution in [2.75, 3.05) is 25.5 Å². The summed E-state index contributed by atoms with van der Waals surface area (Å²) < 4.78 is 0. The Labute approximate surface area is 190 Å². The van der Waals surface area contributed by atoms with E-state index >= 15 is 0 Å². The molecular weight excluding hydrogens is 415 g/mol. The van der Waals surface area contributed by atoms with E-state index < -0.39 is 11.0 Å². The fraction of sp³-hybridized carbons (Fsp3) is 0.480. The highest BCUT2D eigenvalue weighted by atomic mass is 35.5. The average molecular weight is 445 g/mol. The van der Waals surface area contributed by atoms with Crippen molar-refractivity contribution >= 4 is 23.2 Å². The Hall–Kier alpha value is -1.57. The van der Waals surface area contributed by atoms with E-state index in [1.807, 2.05) is 54.6 Å². The summed E-state index contributed by atoms with van der Waals surface area (Å²) in [5.41, 5.74) is -0.248. The summed E-state index contributed by atoms with van der Waals surface area (Å²) in [6, 6.07) is 19.8. The summed E-state index contributed by atoms with van der Waals surface area (Å²) in [5.74, 6) is 0.488. The molecule has 2 unspecified atom stereocenters. The van der Waals surface area contributed by atoms with Gasteiger partial charge in [0.1, 0.15) is 5.60 Å². The number of hydrogen-bond donors (Lipinski definition) is 1. The van der Waals surface area contributed by atoms with Crippen molar-refractivity contribution in [1.29, 1.82) is 5.26 Å². The number of halogens is 2. The fourth-order valence-electron chi connectivity index (χ4n) is 4.62. The molecule has 1 aliphatic rings. The molecule has 0 spiro atoms. The van der Waals surface area contributed by atoms with Crippen LogP contribution in [0.3, 0.4) is 0 Å². The smallest absolute Gasteiger partial charge is 0.104 e. The molecule has 0 saturated carbocycles. The Kier molecular flexibility index (Phi) is 8.20. The number of β-amino-alcohol motifs (C(OH)–C–C–N with tert-alkyl or cyclic N) is 1. The highest BCUT2D eigenvalue weighted by Crippen LogP contribution is 2.42. The van der Waals surface area contributed by atoms with E-state index in [-0.39, 0.29) is 0 Å². The predicted octanol–water partition coefficient (Wildman–Crippen LogP) is 5.88. The maximum absolute atomic E-state index is 12.1. The number of benzene rings is 2. The molecule has 2 aromatic carbocycles. The van der Waals surface area contributed by atoms with Gasteiger partial charge in [0.2, 0.25) is 0 Å². The maximum Gasteiger partial charge on any atom is 0.104 e. The monoisotopic (exact) mass is 444 g/mol. The lowest BCUT2D eigenvalue weighted by Crippen LogP contribution is -2.47. The van der Waals surface area contributed by atoms with Gasteiger partial charge in [-0.2, -0.15) is 5.26 Å². The van der Waals surface area contributed by atoms with Gasteiger partial charge >= 0.3 is 0 Å². The fourth-order valence-corrected chi connectivity index (χ4v) is 4.88. The van der Waals surface area contributed by atoms with Crippen LogP contribution in [0.25, 0.3) is 0 Å². The first kappa shape index (κ1) is 23.1. The van der Waals surface area contributed by atoms with Gasteiger partial charge in [-0.3, -0.25) is 0 Å². The molecule has 3 rings (SSSR count). The number of alkyl halides is 1. The molecule has 160 valence electrons. The van der Waals surface area contributed by atoms with Crippen LogP contribution in [0.2, 0.25) is 5.02 Å². The van der Waals surface area contributed by atoms with E-state index in [4.69, 9.17) is 23.2 Å². The number of hydrogen-bond acceptors (Lipinski definition) is 3. The number of nitriles is 1. The number of rotatable bonds is 9. The van der Waals surface area contributed by atoms with E-state index in [1.54, 1.807) is 0 Å². The Balaban J connectivity index is 2.01. The molecule has 1 heterocycles. The van der Waals surface area contributed by atoms with Crippen molar-refractivity contribution in [3.05, 3.63) is 70.7 Å². The Bertz CT molecular complexity index is 830. The van der Waals surface area contributed by atoms with Gasteiger partial charge < -0.3 is 10.0 Å². The third-order valence-electron chi connectivity index (χ3n) is 6.19. The van der Waals surface area contributed by atoms with Crippen molar-refractivity contribution in [2.45, 2.75) is 49.5 Å². The zero-order valence-corrected chi connectivity index (χ0v) is 18.9. The van der Waals surface area contributed by atoms with Crippen molar-refractivity contribution in [2.24, 2.45) is 0 Å². The van der Waals surface area contributed by atoms with E-state index in [0.717, 1.165) is 37.1 Å². The first-order chi connectivity index (χ1) is 14.5. The SMILES string of the molecule is N#CC(CCCCl)(CC(O)(CN1CCCCC1)c1ccc(Cl)cc1)c1ccccc1. The number of piperidine rings is 1. The van der Waals surface area contributed by atoms with Crippen LogP contribution in [0.4, 0.5) is 0 Å². The normalized spacial score (nSPS) is 18.9. The molecule has 2 aromatic rings. The second-order valence-electron chi connectivity index (χ2n) is 8.40. The van der Waals surface area contributed by atoms with Crippen LogP contribution in [-0.2, 0) is 11.0 Å². The molecule has 0 bridgehead atoms. The van der Waals surface area contributed by atoms with E-state index in [2.05, 4.69) is 11.0 Å². The highest BCUT2D eigenvalue weighted by molar-refractivity contribution is 6.30. The third-order valence-corrected chi connectivity index (χ3v) is 6.71. The van der Waals surface area contributed by atoms with Gasteiger partial charge in [0.15, 0.2) is 0 Å². The minimum atomic E-state index is -1.17. The summed E-state index contributed by atoms with van der Waals surface area (Å²) in [6.45, 7) is 2.46. The first-order valence-electron chi connectivity index (χ1n) is 10.7. The Morgan fingerprint density at radius 2 is 1.63 bits per heavy atom. The van der Waals surface area contributed by atoms with Gasteiger partial charge in [0.05, 0.1) is 11.5 Å². The molecule has 0 amide bonds. The van der Waals surface area contributed by atoms with Crippen LogP contribution in [-0.4, -0.2) is 35.5 Å². The zero-order chi connectivity index (χ0) is 21.5. The maximum atomic E-state index is 12.1. The Morgan fingerprint density at radius 3 is 2.23 bits per heavy atom. The molecule has 1 aliphatic heterocycles. The van der Waals surface area contributed by atoms with Crippen LogP contribution in [0.5, 0.6) is 0 Å². The summed E-state index contributed by atoms with van der Waals surface area (Å²) >= 11 is 12.1. The summed E-state index contributed by atoms with van der Waals surface area (Å²) in [6.07, 6.45) is 5.15. The van der Waals surface area contributed by atoms with E-state index in [0.29, 0.717) is 36.7 Å². The van der Waals surface area contributed by atoms with Crippen LogP contribution in [0, 0.1) is 11.3 Å². The van der Waals surface area contributed by atoms with Crippen LogP contribution >= 0.6 is 23.2 Å². The van der Waals surface area contributed by atoms with Crippen LogP contribution in [0.15, 0.2) is 54.6 Å². The highest BCUT2D eigenvalue weighted by Gasteiger charge is 2.43. The quantitative estimate of drug-likeness (QED) is 0.490. The zero-order valence-electron chi connectivity index (χ0n) is 17.4. The van der Waals surface area contributed by atoms with E-state index in [1.165, 1.54) is 6.42 Å². The van der Waals surface area contributed by atoms with Crippen LogP contribution in [0.1, 0.15) is 49.7 Å². The van der Waals surface area contributed by atoms with Gasteiger partial charge in [-0.25, -0.2) is 0 Å². The first-order valence-corrected chi connectivity index (χ1v) is 11.7. The van der Waals surface area contributed by atoms with Gasteiger partial charge in [-0.05, 0) is 62.0 Å². The summed E-state index contributed by atoms with van der Waals surface area (Å²) in [4.78, 5) is 2.33. The molecule has 5 heteroatoms.